The van der Waals surface area contributed by atoms with E-state index in [1.54, 1.807) is 0 Å². The summed E-state index contributed by atoms with van der Waals surface area (Å²) in [6.45, 7) is 0. The minimum absolute atomic E-state index is 0. The third-order valence-corrected chi connectivity index (χ3v) is 0. The first-order chi connectivity index (χ1) is 0. The third kappa shape index (κ3) is 9.09. The molecule has 1 radical (unpaired) electrons. The van der Waals surface area contributed by atoms with Gasteiger partial charge in [-0.15, -0.1) is 0 Å². The van der Waals surface area contributed by atoms with E-state index in [2.05, 4.69) is 0 Å². The molecule has 0 amide bonds. The van der Waals surface area contributed by atoms with Crippen molar-refractivity contribution in [3.8, 4) is 0 Å². The topological polar surface area (TPSA) is 0 Å². The molecule has 0 aromatic rings. The van der Waals surface area contributed by atoms with Crippen molar-refractivity contribution in [2.24, 2.45) is 0 Å². The summed E-state index contributed by atoms with van der Waals surface area (Å²) in [5.41, 5.74) is 0. The van der Waals surface area contributed by atoms with Crippen LogP contribution in [0.4, 0.5) is 0 Å². The normalized spacial score (nSPS) is 0. The van der Waals surface area contributed by atoms with Crippen LogP contribution in [0.1, 0.15) is 0 Å². The van der Waals surface area contributed by atoms with Gasteiger partial charge in [-0.25, -0.2) is 0 Å². The van der Waals surface area contributed by atoms with Gasteiger partial charge in [-0.3, -0.25) is 0 Å². The minimum Gasteiger partial charge on any atom is 0 e. The average molecular weight is 165 g/mol. The molecule has 0 aliphatic rings. The molecule has 0 N–H and O–H groups in total. The quantitative estimate of drug-likeness (QED) is 0.395. The SMILES string of the molecule is B.[Cr].[Ti].[V]. The summed E-state index contributed by atoms with van der Waals surface area (Å²) in [4.78, 5) is 0. The van der Waals surface area contributed by atoms with Crippen LogP contribution in [-0.2, 0) is 57.6 Å². The van der Waals surface area contributed by atoms with Crippen molar-refractivity contribution in [2.45, 2.75) is 0 Å². The van der Waals surface area contributed by atoms with Crippen LogP contribution in [0.15, 0.2) is 0 Å². The van der Waals surface area contributed by atoms with Gasteiger partial charge in [0.05, 0.1) is 8.41 Å². The van der Waals surface area contributed by atoms with E-state index in [9.17, 15) is 0 Å². The first-order valence-electron chi connectivity index (χ1n) is 0. The molecule has 0 aromatic carbocycles. The first kappa shape index (κ1) is 39.3. The van der Waals surface area contributed by atoms with Crippen LogP contribution in [-0.4, -0.2) is 8.41 Å². The molecular weight excluding hydrogens is 162 g/mol. The molecule has 4 heteroatoms. The van der Waals surface area contributed by atoms with Gasteiger partial charge in [0.25, 0.3) is 0 Å². The summed E-state index contributed by atoms with van der Waals surface area (Å²) in [5, 5.41) is 0. The van der Waals surface area contributed by atoms with Crippen LogP contribution in [0.2, 0.25) is 0 Å². The zero-order chi connectivity index (χ0) is 0. The van der Waals surface area contributed by atoms with Crippen LogP contribution in [0.5, 0.6) is 0 Å². The largest absolute Gasteiger partial charge is 0.0814 e. The Labute approximate surface area is 65.6 Å². The van der Waals surface area contributed by atoms with Crippen LogP contribution < -0.4 is 0 Å². The molecule has 0 nitrogen and oxygen atoms in total. The van der Waals surface area contributed by atoms with Crippen molar-refractivity contribution in [1.82, 2.24) is 0 Å². The van der Waals surface area contributed by atoms with Crippen LogP contribution in [0, 0.1) is 0 Å². The van der Waals surface area contributed by atoms with Gasteiger partial charge in [-0.2, -0.15) is 0 Å². The van der Waals surface area contributed by atoms with Gasteiger partial charge in [0.15, 0.2) is 0 Å². The van der Waals surface area contributed by atoms with Gasteiger partial charge >= 0.3 is 0 Å². The van der Waals surface area contributed by atoms with Gasteiger partial charge in [0, 0.05) is 57.6 Å². The monoisotopic (exact) mass is 165 g/mol. The molecule has 0 atom stereocenters. The fourth-order valence-corrected chi connectivity index (χ4v) is 0. The number of rotatable bonds is 0. The molecular formula is H3BCrTiV. The molecule has 0 aliphatic carbocycles. The Bertz CT molecular complexity index is 8.00. The van der Waals surface area contributed by atoms with E-state index >= 15 is 0 Å². The van der Waals surface area contributed by atoms with Crippen LogP contribution in [0.25, 0.3) is 0 Å². The molecule has 0 heterocycles. The molecule has 0 unspecified atom stereocenters. The molecule has 0 aromatic heterocycles. The number of hydrogen-bond acceptors (Lipinski definition) is 0. The van der Waals surface area contributed by atoms with Crippen molar-refractivity contribution in [3.05, 3.63) is 0 Å². The summed E-state index contributed by atoms with van der Waals surface area (Å²) >= 11 is 0. The predicted molar refractivity (Wildman–Crippen MR) is 9.94 cm³/mol. The Morgan fingerprint density at radius 3 is 1.00 bits per heavy atom. The second-order valence-electron chi connectivity index (χ2n) is 0. The van der Waals surface area contributed by atoms with Crippen molar-refractivity contribution in [3.63, 3.8) is 0 Å². The van der Waals surface area contributed by atoms with E-state index in [0.717, 1.165) is 0 Å². The molecule has 0 fully saturated rings. The fraction of sp³-hybridized carbons (Fsp3) is 0. The van der Waals surface area contributed by atoms with E-state index in [1.165, 1.54) is 0 Å². The second-order valence-corrected chi connectivity index (χ2v) is 0. The van der Waals surface area contributed by atoms with Crippen molar-refractivity contribution in [2.75, 3.05) is 0 Å². The Balaban J connectivity index is 0. The summed E-state index contributed by atoms with van der Waals surface area (Å²) in [7, 11) is 0. The molecule has 21 valence electrons. The molecule has 0 bridgehead atoms. The molecule has 0 rings (SSSR count). The number of hydrogen-bond donors (Lipinski definition) is 0. The fourth-order valence-electron chi connectivity index (χ4n) is 0. The van der Waals surface area contributed by atoms with Gasteiger partial charge in [-0.1, -0.05) is 0 Å². The Morgan fingerprint density at radius 2 is 1.00 bits per heavy atom. The Morgan fingerprint density at radius 1 is 1.00 bits per heavy atom. The first-order valence-corrected chi connectivity index (χ1v) is 0. The third-order valence-electron chi connectivity index (χ3n) is 0. The van der Waals surface area contributed by atoms with E-state index in [1.807, 2.05) is 0 Å². The van der Waals surface area contributed by atoms with E-state index in [-0.39, 0.29) is 66.0 Å². The standard InChI is InChI=1S/BH3.Cr.Ti.V/h1H3;;;. The van der Waals surface area contributed by atoms with Gasteiger partial charge in [-0.05, 0) is 0 Å². The zero-order valence-electron chi connectivity index (χ0n) is 1.36. The predicted octanol–water partition coefficient (Wildman–Crippen LogP) is -1.19. The average Bonchev–Trinajstić information content (AvgIpc) is 0. The maximum atomic E-state index is 0. The smallest absolute Gasteiger partial charge is 0 e. The van der Waals surface area contributed by atoms with Gasteiger partial charge in [0.1, 0.15) is 0 Å². The molecule has 0 spiro atoms. The molecule has 0 saturated heterocycles. The van der Waals surface area contributed by atoms with Crippen molar-refractivity contribution in [1.29, 1.82) is 0 Å². The molecule has 0 aliphatic heterocycles. The maximum absolute atomic E-state index is 0. The summed E-state index contributed by atoms with van der Waals surface area (Å²) in [6, 6.07) is 0. The van der Waals surface area contributed by atoms with E-state index < -0.39 is 0 Å². The Hall–Kier alpha value is 1.90. The summed E-state index contributed by atoms with van der Waals surface area (Å²) in [5.74, 6) is 0. The van der Waals surface area contributed by atoms with Crippen molar-refractivity contribution < 1.29 is 57.6 Å². The summed E-state index contributed by atoms with van der Waals surface area (Å²) in [6.07, 6.45) is 0. The maximum Gasteiger partial charge on any atom is 0.0814 e. The van der Waals surface area contributed by atoms with Crippen LogP contribution in [0.3, 0.4) is 0 Å². The Kier molecular flexibility index (Phi) is 203. The molecule has 4 heavy (non-hydrogen) atoms. The second kappa shape index (κ2) is 20.7. The minimum atomic E-state index is 0. The van der Waals surface area contributed by atoms with Crippen molar-refractivity contribution >= 4 is 8.41 Å². The van der Waals surface area contributed by atoms with Gasteiger partial charge < -0.3 is 0 Å². The van der Waals surface area contributed by atoms with E-state index in [4.69, 9.17) is 0 Å². The van der Waals surface area contributed by atoms with Crippen LogP contribution >= 0.6 is 0 Å². The zero-order valence-corrected chi connectivity index (χ0v) is 5.59. The molecule has 0 saturated carbocycles. The van der Waals surface area contributed by atoms with Gasteiger partial charge in [0.2, 0.25) is 0 Å². The summed E-state index contributed by atoms with van der Waals surface area (Å²) < 4.78 is 0. The van der Waals surface area contributed by atoms with E-state index in [0.29, 0.717) is 0 Å².